The van der Waals surface area contributed by atoms with Crippen molar-refractivity contribution in [2.45, 2.75) is 12.8 Å². The molecule has 4 rings (SSSR count). The van der Waals surface area contributed by atoms with Gasteiger partial charge in [0, 0.05) is 29.1 Å². The van der Waals surface area contributed by atoms with Crippen LogP contribution in [0.3, 0.4) is 0 Å². The van der Waals surface area contributed by atoms with E-state index in [9.17, 15) is 0 Å². The van der Waals surface area contributed by atoms with Crippen LogP contribution >= 0.6 is 0 Å². The van der Waals surface area contributed by atoms with Crippen LogP contribution < -0.4 is 0 Å². The standard InChI is InChI=1S/C16H13N3/c1-2-6-13-11(4-1)7-8-14-15(18-19-16(13)14)12-5-3-9-17-10-12/h1-6,9-10H,7-8H2,(H,18,19). The molecular weight excluding hydrogens is 234 g/mol. The first-order valence-electron chi connectivity index (χ1n) is 6.49. The maximum Gasteiger partial charge on any atom is 0.0962 e. The van der Waals surface area contributed by atoms with Gasteiger partial charge in [0.05, 0.1) is 11.4 Å². The number of aryl methyl sites for hydroxylation is 1. The minimum Gasteiger partial charge on any atom is -0.277 e. The van der Waals surface area contributed by atoms with Crippen molar-refractivity contribution in [3.8, 4) is 22.5 Å². The summed E-state index contributed by atoms with van der Waals surface area (Å²) in [5.74, 6) is 0. The zero-order valence-electron chi connectivity index (χ0n) is 10.4. The van der Waals surface area contributed by atoms with E-state index in [0.29, 0.717) is 0 Å². The largest absolute Gasteiger partial charge is 0.277 e. The summed E-state index contributed by atoms with van der Waals surface area (Å²) in [4.78, 5) is 4.19. The molecule has 92 valence electrons. The monoisotopic (exact) mass is 247 g/mol. The van der Waals surface area contributed by atoms with Gasteiger partial charge < -0.3 is 0 Å². The molecule has 0 saturated heterocycles. The van der Waals surface area contributed by atoms with Crippen LogP contribution in [0, 0.1) is 0 Å². The molecule has 0 unspecified atom stereocenters. The van der Waals surface area contributed by atoms with E-state index >= 15 is 0 Å². The molecule has 0 spiro atoms. The number of hydrogen-bond donors (Lipinski definition) is 1. The van der Waals surface area contributed by atoms with Crippen molar-refractivity contribution in [1.82, 2.24) is 15.2 Å². The molecule has 0 radical (unpaired) electrons. The Morgan fingerprint density at radius 1 is 1.00 bits per heavy atom. The number of aromatic amines is 1. The molecule has 0 saturated carbocycles. The molecule has 0 aliphatic heterocycles. The fourth-order valence-electron chi connectivity index (χ4n) is 2.81. The number of H-pyrrole nitrogens is 1. The highest BCUT2D eigenvalue weighted by Crippen LogP contribution is 2.36. The van der Waals surface area contributed by atoms with Gasteiger partial charge in [0.25, 0.3) is 0 Å². The molecule has 0 amide bonds. The van der Waals surface area contributed by atoms with Crippen LogP contribution in [-0.4, -0.2) is 15.2 Å². The topological polar surface area (TPSA) is 41.6 Å². The molecule has 0 fully saturated rings. The zero-order valence-corrected chi connectivity index (χ0v) is 10.4. The third kappa shape index (κ3) is 1.58. The van der Waals surface area contributed by atoms with Gasteiger partial charge in [-0.1, -0.05) is 24.3 Å². The van der Waals surface area contributed by atoms with Crippen molar-refractivity contribution in [3.05, 3.63) is 59.9 Å². The van der Waals surface area contributed by atoms with Gasteiger partial charge >= 0.3 is 0 Å². The number of nitrogens with zero attached hydrogens (tertiary/aromatic N) is 2. The van der Waals surface area contributed by atoms with Gasteiger partial charge in [-0.05, 0) is 30.5 Å². The van der Waals surface area contributed by atoms with E-state index in [2.05, 4.69) is 45.5 Å². The van der Waals surface area contributed by atoms with Gasteiger partial charge in [-0.25, -0.2) is 0 Å². The van der Waals surface area contributed by atoms with Crippen LogP contribution in [0.2, 0.25) is 0 Å². The molecule has 19 heavy (non-hydrogen) atoms. The normalized spacial score (nSPS) is 12.8. The SMILES string of the molecule is c1cncc(-c2[nH]nc3c2CCc2ccccc2-3)c1. The number of hydrogen-bond acceptors (Lipinski definition) is 2. The smallest absolute Gasteiger partial charge is 0.0962 e. The molecule has 0 atom stereocenters. The minimum atomic E-state index is 1.03. The van der Waals surface area contributed by atoms with Crippen molar-refractivity contribution >= 4 is 0 Å². The molecule has 1 N–H and O–H groups in total. The van der Waals surface area contributed by atoms with E-state index in [1.807, 2.05) is 12.3 Å². The van der Waals surface area contributed by atoms with Crippen LogP contribution in [-0.2, 0) is 12.8 Å². The Morgan fingerprint density at radius 3 is 2.84 bits per heavy atom. The molecule has 1 aliphatic carbocycles. The van der Waals surface area contributed by atoms with E-state index < -0.39 is 0 Å². The van der Waals surface area contributed by atoms with Crippen LogP contribution in [0.5, 0.6) is 0 Å². The Labute approximate surface area is 111 Å². The van der Waals surface area contributed by atoms with Crippen molar-refractivity contribution in [1.29, 1.82) is 0 Å². The summed E-state index contributed by atoms with van der Waals surface area (Å²) in [7, 11) is 0. The number of pyridine rings is 1. The predicted molar refractivity (Wildman–Crippen MR) is 74.7 cm³/mol. The fraction of sp³-hybridized carbons (Fsp3) is 0.125. The molecule has 3 aromatic rings. The zero-order chi connectivity index (χ0) is 12.7. The molecule has 2 heterocycles. The molecule has 3 nitrogen and oxygen atoms in total. The number of aromatic nitrogens is 3. The fourth-order valence-corrected chi connectivity index (χ4v) is 2.81. The van der Waals surface area contributed by atoms with Crippen LogP contribution in [0.1, 0.15) is 11.1 Å². The first-order chi connectivity index (χ1) is 9.43. The van der Waals surface area contributed by atoms with Gasteiger partial charge in [0.2, 0.25) is 0 Å². The number of fused-ring (bicyclic) bond motifs is 3. The Morgan fingerprint density at radius 2 is 1.95 bits per heavy atom. The van der Waals surface area contributed by atoms with E-state index in [4.69, 9.17) is 0 Å². The Hall–Kier alpha value is -2.42. The van der Waals surface area contributed by atoms with Crippen molar-refractivity contribution in [3.63, 3.8) is 0 Å². The average molecular weight is 247 g/mol. The first-order valence-corrected chi connectivity index (χ1v) is 6.49. The maximum atomic E-state index is 4.52. The highest BCUT2D eigenvalue weighted by molar-refractivity contribution is 5.77. The lowest BCUT2D eigenvalue weighted by Crippen LogP contribution is -2.03. The lowest BCUT2D eigenvalue weighted by Gasteiger charge is -2.15. The summed E-state index contributed by atoms with van der Waals surface area (Å²) in [5.41, 5.74) is 7.27. The maximum absolute atomic E-state index is 4.52. The van der Waals surface area contributed by atoms with Crippen molar-refractivity contribution < 1.29 is 0 Å². The number of nitrogens with one attached hydrogen (secondary N) is 1. The summed E-state index contributed by atoms with van der Waals surface area (Å²) in [5, 5.41) is 7.71. The van der Waals surface area contributed by atoms with Crippen molar-refractivity contribution in [2.75, 3.05) is 0 Å². The molecule has 0 bridgehead atoms. The van der Waals surface area contributed by atoms with Gasteiger partial charge in [-0.2, -0.15) is 5.10 Å². The number of benzene rings is 1. The lowest BCUT2D eigenvalue weighted by atomic mass is 9.88. The quantitative estimate of drug-likeness (QED) is 0.717. The van der Waals surface area contributed by atoms with Crippen LogP contribution in [0.25, 0.3) is 22.5 Å². The van der Waals surface area contributed by atoms with Gasteiger partial charge in [-0.15, -0.1) is 0 Å². The van der Waals surface area contributed by atoms with Crippen molar-refractivity contribution in [2.24, 2.45) is 0 Å². The van der Waals surface area contributed by atoms with Gasteiger partial charge in [-0.3, -0.25) is 10.1 Å². The highest BCUT2D eigenvalue weighted by Gasteiger charge is 2.22. The van der Waals surface area contributed by atoms with Gasteiger partial charge in [0.15, 0.2) is 0 Å². The van der Waals surface area contributed by atoms with E-state index in [1.54, 1.807) is 6.20 Å². The molecular formula is C16H13N3. The lowest BCUT2D eigenvalue weighted by molar-refractivity contribution is 0.943. The molecule has 1 aromatic carbocycles. The second kappa shape index (κ2) is 4.05. The Bertz CT molecular complexity index is 715. The van der Waals surface area contributed by atoms with E-state index in [-0.39, 0.29) is 0 Å². The Kier molecular flexibility index (Phi) is 2.24. The molecule has 2 aromatic heterocycles. The molecule has 3 heteroatoms. The number of rotatable bonds is 1. The highest BCUT2D eigenvalue weighted by atomic mass is 15.1. The second-order valence-electron chi connectivity index (χ2n) is 4.82. The minimum absolute atomic E-state index is 1.03. The summed E-state index contributed by atoms with van der Waals surface area (Å²) >= 11 is 0. The average Bonchev–Trinajstić information content (AvgIpc) is 2.92. The first kappa shape index (κ1) is 10.5. The second-order valence-corrected chi connectivity index (χ2v) is 4.82. The van der Waals surface area contributed by atoms with E-state index in [0.717, 1.165) is 29.8 Å². The van der Waals surface area contributed by atoms with E-state index in [1.165, 1.54) is 16.7 Å². The molecule has 1 aliphatic rings. The summed E-state index contributed by atoms with van der Waals surface area (Å²) in [6, 6.07) is 12.5. The summed E-state index contributed by atoms with van der Waals surface area (Å²) < 4.78 is 0. The summed E-state index contributed by atoms with van der Waals surface area (Å²) in [6.45, 7) is 0. The third-order valence-corrected chi connectivity index (χ3v) is 3.73. The van der Waals surface area contributed by atoms with Crippen LogP contribution in [0.15, 0.2) is 48.8 Å². The predicted octanol–water partition coefficient (Wildman–Crippen LogP) is 3.24. The van der Waals surface area contributed by atoms with Crippen LogP contribution in [0.4, 0.5) is 0 Å². The Balaban J connectivity index is 1.91. The summed E-state index contributed by atoms with van der Waals surface area (Å²) in [6.07, 6.45) is 5.79. The van der Waals surface area contributed by atoms with Gasteiger partial charge in [0.1, 0.15) is 0 Å². The third-order valence-electron chi connectivity index (χ3n) is 3.73.